The Morgan fingerprint density at radius 1 is 1.27 bits per heavy atom. The first-order valence-corrected chi connectivity index (χ1v) is 5.81. The largest absolute Gasteiger partial charge is 0.288 e. The van der Waals surface area contributed by atoms with Gasteiger partial charge in [0.1, 0.15) is 0 Å². The molecule has 0 radical (unpaired) electrons. The lowest BCUT2D eigenvalue weighted by molar-refractivity contribution is 0.444. The van der Waals surface area contributed by atoms with Crippen molar-refractivity contribution in [2.24, 2.45) is 4.99 Å². The number of aryl methyl sites for hydroxylation is 1. The molecule has 0 N–H and O–H groups in total. The Morgan fingerprint density at radius 3 is 2.80 bits per heavy atom. The van der Waals surface area contributed by atoms with Gasteiger partial charge >= 0.3 is 0 Å². The van der Waals surface area contributed by atoms with E-state index < -0.39 is 0 Å². The average Bonchev–Trinajstić information content (AvgIpc) is 2.28. The molecule has 0 saturated heterocycles. The predicted molar refractivity (Wildman–Crippen MR) is 63.4 cm³/mol. The molecular weight excluding hydrogens is 184 g/mol. The van der Waals surface area contributed by atoms with Gasteiger partial charge in [-0.05, 0) is 31.9 Å². The number of aromatic nitrogens is 1. The minimum Gasteiger partial charge on any atom is -0.288 e. The molecule has 1 aliphatic carbocycles. The van der Waals surface area contributed by atoms with E-state index >= 15 is 0 Å². The summed E-state index contributed by atoms with van der Waals surface area (Å²) in [6, 6.07) is 6.60. The maximum Gasteiger partial charge on any atom is 0.0811 e. The van der Waals surface area contributed by atoms with Crippen LogP contribution in [0, 0.1) is 6.92 Å². The molecule has 1 aromatic rings. The lowest BCUT2D eigenvalue weighted by Gasteiger charge is -2.16. The molecule has 15 heavy (non-hydrogen) atoms. The van der Waals surface area contributed by atoms with E-state index in [0.29, 0.717) is 6.04 Å². The van der Waals surface area contributed by atoms with Gasteiger partial charge in [-0.25, -0.2) is 0 Å². The molecule has 80 valence electrons. The highest BCUT2D eigenvalue weighted by molar-refractivity contribution is 5.77. The van der Waals surface area contributed by atoms with E-state index in [-0.39, 0.29) is 0 Å². The van der Waals surface area contributed by atoms with Gasteiger partial charge in [0, 0.05) is 11.9 Å². The smallest absolute Gasteiger partial charge is 0.0811 e. The third-order valence-corrected chi connectivity index (χ3v) is 2.90. The minimum atomic E-state index is 0.543. The average molecular weight is 202 g/mol. The molecule has 0 amide bonds. The zero-order valence-electron chi connectivity index (χ0n) is 9.32. The molecule has 0 spiro atoms. The van der Waals surface area contributed by atoms with Crippen molar-refractivity contribution < 1.29 is 0 Å². The second-order valence-corrected chi connectivity index (χ2v) is 4.27. The zero-order chi connectivity index (χ0) is 10.5. The van der Waals surface area contributed by atoms with Gasteiger partial charge in [0.2, 0.25) is 0 Å². The fraction of sp³-hybridized carbons (Fsp3) is 0.538. The summed E-state index contributed by atoms with van der Waals surface area (Å²) in [6.07, 6.45) is 8.49. The topological polar surface area (TPSA) is 25.2 Å². The summed E-state index contributed by atoms with van der Waals surface area (Å²) in [6.45, 7) is 2.01. The molecule has 1 saturated carbocycles. The van der Waals surface area contributed by atoms with Crippen molar-refractivity contribution in [3.63, 3.8) is 0 Å². The van der Waals surface area contributed by atoms with E-state index in [9.17, 15) is 0 Å². The second kappa shape index (κ2) is 5.06. The van der Waals surface area contributed by atoms with Crippen molar-refractivity contribution in [2.75, 3.05) is 0 Å². The molecule has 0 unspecified atom stereocenters. The van der Waals surface area contributed by atoms with Gasteiger partial charge in [-0.1, -0.05) is 25.3 Å². The normalized spacial score (nSPS) is 18.5. The Labute approximate surface area is 91.5 Å². The third kappa shape index (κ3) is 3.15. The van der Waals surface area contributed by atoms with Crippen molar-refractivity contribution in [1.29, 1.82) is 0 Å². The summed E-state index contributed by atoms with van der Waals surface area (Å²) in [4.78, 5) is 9.02. The molecule has 1 fully saturated rings. The summed E-state index contributed by atoms with van der Waals surface area (Å²) >= 11 is 0. The molecule has 2 heteroatoms. The van der Waals surface area contributed by atoms with Crippen LogP contribution in [0.4, 0.5) is 0 Å². The van der Waals surface area contributed by atoms with Crippen LogP contribution in [0.25, 0.3) is 0 Å². The Kier molecular flexibility index (Phi) is 3.49. The van der Waals surface area contributed by atoms with Gasteiger partial charge in [-0.2, -0.15) is 0 Å². The fourth-order valence-corrected chi connectivity index (χ4v) is 2.05. The van der Waals surface area contributed by atoms with E-state index in [4.69, 9.17) is 0 Å². The summed E-state index contributed by atoms with van der Waals surface area (Å²) < 4.78 is 0. The Balaban J connectivity index is 1.97. The quantitative estimate of drug-likeness (QED) is 0.676. The van der Waals surface area contributed by atoms with Gasteiger partial charge in [-0.15, -0.1) is 0 Å². The van der Waals surface area contributed by atoms with Crippen molar-refractivity contribution in [3.8, 4) is 0 Å². The van der Waals surface area contributed by atoms with E-state index in [1.165, 1.54) is 32.1 Å². The van der Waals surface area contributed by atoms with Crippen LogP contribution in [-0.4, -0.2) is 17.2 Å². The molecular formula is C13H18N2. The maximum absolute atomic E-state index is 4.61. The molecule has 1 heterocycles. The molecule has 0 aromatic carbocycles. The van der Waals surface area contributed by atoms with E-state index in [1.54, 1.807) is 0 Å². The Hall–Kier alpha value is -1.18. The predicted octanol–water partition coefficient (Wildman–Crippen LogP) is 3.14. The van der Waals surface area contributed by atoms with Crippen LogP contribution in [-0.2, 0) is 0 Å². The molecule has 1 aromatic heterocycles. The molecule has 0 aliphatic heterocycles. The van der Waals surface area contributed by atoms with Crippen LogP contribution in [0.2, 0.25) is 0 Å². The maximum atomic E-state index is 4.61. The Morgan fingerprint density at radius 2 is 2.07 bits per heavy atom. The summed E-state index contributed by atoms with van der Waals surface area (Å²) in [7, 11) is 0. The summed E-state index contributed by atoms with van der Waals surface area (Å²) in [5, 5.41) is 0. The van der Waals surface area contributed by atoms with E-state index in [2.05, 4.69) is 9.98 Å². The highest BCUT2D eigenvalue weighted by Gasteiger charge is 2.10. The van der Waals surface area contributed by atoms with Crippen molar-refractivity contribution in [3.05, 3.63) is 29.6 Å². The summed E-state index contributed by atoms with van der Waals surface area (Å²) in [5.41, 5.74) is 2.04. The number of hydrogen-bond donors (Lipinski definition) is 0. The highest BCUT2D eigenvalue weighted by atomic mass is 14.8. The first-order valence-electron chi connectivity index (χ1n) is 5.81. The fourth-order valence-electron chi connectivity index (χ4n) is 2.05. The first kappa shape index (κ1) is 10.3. The van der Waals surface area contributed by atoms with Gasteiger partial charge < -0.3 is 0 Å². The number of nitrogens with zero attached hydrogens (tertiary/aromatic N) is 2. The van der Waals surface area contributed by atoms with Crippen LogP contribution in [0.15, 0.2) is 23.2 Å². The lowest BCUT2D eigenvalue weighted by Crippen LogP contribution is -2.09. The number of rotatable bonds is 2. The lowest BCUT2D eigenvalue weighted by atomic mass is 9.96. The van der Waals surface area contributed by atoms with Crippen LogP contribution in [0.3, 0.4) is 0 Å². The minimum absolute atomic E-state index is 0.543. The van der Waals surface area contributed by atoms with Gasteiger partial charge in [0.15, 0.2) is 0 Å². The van der Waals surface area contributed by atoms with Crippen LogP contribution in [0.1, 0.15) is 43.5 Å². The number of aliphatic imine (C=N–C) groups is 1. The SMILES string of the molecule is Cc1cccc(C=NC2CCCCC2)n1. The molecule has 2 nitrogen and oxygen atoms in total. The van der Waals surface area contributed by atoms with Crippen LogP contribution in [0.5, 0.6) is 0 Å². The zero-order valence-corrected chi connectivity index (χ0v) is 9.32. The Bertz CT molecular complexity index is 338. The monoisotopic (exact) mass is 202 g/mol. The third-order valence-electron chi connectivity index (χ3n) is 2.90. The number of pyridine rings is 1. The molecule has 0 atom stereocenters. The van der Waals surface area contributed by atoms with E-state index in [0.717, 1.165) is 11.4 Å². The summed E-state index contributed by atoms with van der Waals surface area (Å²) in [5.74, 6) is 0. The van der Waals surface area contributed by atoms with Crippen molar-refractivity contribution in [2.45, 2.75) is 45.1 Å². The van der Waals surface area contributed by atoms with Gasteiger partial charge in [0.05, 0.1) is 11.7 Å². The number of hydrogen-bond acceptors (Lipinski definition) is 2. The second-order valence-electron chi connectivity index (χ2n) is 4.27. The van der Waals surface area contributed by atoms with Gasteiger partial charge in [0.25, 0.3) is 0 Å². The molecule has 2 rings (SSSR count). The van der Waals surface area contributed by atoms with Crippen LogP contribution >= 0.6 is 0 Å². The van der Waals surface area contributed by atoms with Gasteiger partial charge in [-0.3, -0.25) is 9.98 Å². The first-order chi connectivity index (χ1) is 7.34. The van der Waals surface area contributed by atoms with Crippen LogP contribution < -0.4 is 0 Å². The van der Waals surface area contributed by atoms with Crippen molar-refractivity contribution >= 4 is 6.21 Å². The van der Waals surface area contributed by atoms with Crippen molar-refractivity contribution in [1.82, 2.24) is 4.98 Å². The standard InChI is InChI=1S/C13H18N2/c1-11-6-5-9-13(15-11)10-14-12-7-3-2-4-8-12/h5-6,9-10,12H,2-4,7-8H2,1H3. The molecule has 0 bridgehead atoms. The highest BCUT2D eigenvalue weighted by Crippen LogP contribution is 2.19. The van der Waals surface area contributed by atoms with E-state index in [1.807, 2.05) is 31.3 Å². The molecule has 1 aliphatic rings.